The summed E-state index contributed by atoms with van der Waals surface area (Å²) in [6, 6.07) is 3.50. The fourth-order valence-electron chi connectivity index (χ4n) is 1.60. The number of halogens is 5. The number of fused-ring (bicyclic) bond motifs is 1. The van der Waals surface area contributed by atoms with E-state index in [4.69, 9.17) is 0 Å². The van der Waals surface area contributed by atoms with Crippen molar-refractivity contribution in [3.05, 3.63) is 34.7 Å². The molecular weight excluding hydrogens is 259 g/mol. The van der Waals surface area contributed by atoms with E-state index < -0.39 is 17.7 Å². The lowest BCUT2D eigenvalue weighted by Gasteiger charge is -2.20. The van der Waals surface area contributed by atoms with Crippen LogP contribution < -0.4 is 0 Å². The van der Waals surface area contributed by atoms with Gasteiger partial charge in [0.05, 0.1) is 0 Å². The van der Waals surface area contributed by atoms with E-state index in [9.17, 15) is 22.0 Å². The largest absolute Gasteiger partial charge is 0.458 e. The van der Waals surface area contributed by atoms with E-state index >= 15 is 0 Å². The minimum Gasteiger partial charge on any atom is -0.191 e. The van der Waals surface area contributed by atoms with Crippen molar-refractivity contribution in [1.82, 2.24) is 0 Å². The van der Waals surface area contributed by atoms with Gasteiger partial charge in [-0.1, -0.05) is 12.1 Å². The molecule has 0 bridgehead atoms. The van der Waals surface area contributed by atoms with Crippen molar-refractivity contribution < 1.29 is 22.0 Å². The van der Waals surface area contributed by atoms with Gasteiger partial charge in [0.25, 0.3) is 0 Å². The zero-order valence-corrected chi connectivity index (χ0v) is 9.35. The van der Waals surface area contributed by atoms with Gasteiger partial charge in [0.15, 0.2) is 0 Å². The summed E-state index contributed by atoms with van der Waals surface area (Å²) in [6.45, 7) is 1.47. The second-order valence-corrected chi connectivity index (χ2v) is 4.43. The Hall–Kier alpha value is -1.17. The number of aryl methyl sites for hydroxylation is 1. The van der Waals surface area contributed by atoms with E-state index in [-0.39, 0.29) is 5.39 Å². The average Bonchev–Trinajstić information content (AvgIpc) is 2.59. The second kappa shape index (κ2) is 3.66. The van der Waals surface area contributed by atoms with Gasteiger partial charge in [0.2, 0.25) is 0 Å². The van der Waals surface area contributed by atoms with Crippen LogP contribution in [0.5, 0.6) is 0 Å². The second-order valence-electron chi connectivity index (χ2n) is 3.58. The van der Waals surface area contributed by atoms with Crippen LogP contribution >= 0.6 is 11.3 Å². The lowest BCUT2D eigenvalue weighted by atomic mass is 10.0. The Morgan fingerprint density at radius 1 is 1.12 bits per heavy atom. The first-order valence-electron chi connectivity index (χ1n) is 4.60. The van der Waals surface area contributed by atoms with Crippen molar-refractivity contribution >= 4 is 21.4 Å². The number of rotatable bonds is 1. The van der Waals surface area contributed by atoms with Gasteiger partial charge in [-0.2, -0.15) is 22.0 Å². The van der Waals surface area contributed by atoms with E-state index in [0.29, 0.717) is 10.3 Å². The van der Waals surface area contributed by atoms with E-state index in [1.54, 1.807) is 0 Å². The molecule has 0 unspecified atom stereocenters. The van der Waals surface area contributed by atoms with Crippen LogP contribution in [0.4, 0.5) is 22.0 Å². The smallest absolute Gasteiger partial charge is 0.191 e. The SMILES string of the molecule is Cc1[c]sc2cccc(C(F)(F)C(F)(F)F)c12. The molecule has 17 heavy (non-hydrogen) atoms. The van der Waals surface area contributed by atoms with Crippen molar-refractivity contribution in [2.45, 2.75) is 19.0 Å². The van der Waals surface area contributed by atoms with Crippen molar-refractivity contribution in [1.29, 1.82) is 0 Å². The number of alkyl halides is 5. The van der Waals surface area contributed by atoms with Gasteiger partial charge in [0, 0.05) is 21.0 Å². The molecule has 0 nitrogen and oxygen atoms in total. The van der Waals surface area contributed by atoms with Gasteiger partial charge in [-0.3, -0.25) is 0 Å². The zero-order valence-electron chi connectivity index (χ0n) is 8.53. The predicted octanol–water partition coefficient (Wildman–Crippen LogP) is 4.66. The molecule has 1 radical (unpaired) electrons. The summed E-state index contributed by atoms with van der Waals surface area (Å²) < 4.78 is 64.0. The van der Waals surface area contributed by atoms with Crippen LogP contribution in [-0.4, -0.2) is 6.18 Å². The summed E-state index contributed by atoms with van der Waals surface area (Å²) in [6.07, 6.45) is -5.59. The Morgan fingerprint density at radius 2 is 1.76 bits per heavy atom. The van der Waals surface area contributed by atoms with Crippen molar-refractivity contribution in [3.8, 4) is 0 Å². The maximum absolute atomic E-state index is 13.3. The fraction of sp³-hybridized carbons (Fsp3) is 0.273. The van der Waals surface area contributed by atoms with Crippen LogP contribution in [0.1, 0.15) is 11.1 Å². The molecule has 1 aromatic carbocycles. The third kappa shape index (κ3) is 1.80. The van der Waals surface area contributed by atoms with Crippen LogP contribution in [0, 0.1) is 12.3 Å². The van der Waals surface area contributed by atoms with Crippen LogP contribution in [0.25, 0.3) is 10.1 Å². The van der Waals surface area contributed by atoms with Gasteiger partial charge in [0.1, 0.15) is 0 Å². The summed E-state index contributed by atoms with van der Waals surface area (Å²) in [7, 11) is 0. The van der Waals surface area contributed by atoms with Gasteiger partial charge in [-0.05, 0) is 18.6 Å². The molecule has 0 amide bonds. The number of thiophene rings is 1. The van der Waals surface area contributed by atoms with Gasteiger partial charge in [-0.15, -0.1) is 11.3 Å². The summed E-state index contributed by atoms with van der Waals surface area (Å²) in [5.74, 6) is -4.84. The van der Waals surface area contributed by atoms with Gasteiger partial charge < -0.3 is 0 Å². The lowest BCUT2D eigenvalue weighted by molar-refractivity contribution is -0.288. The van der Waals surface area contributed by atoms with E-state index in [1.807, 2.05) is 0 Å². The molecule has 0 spiro atoms. The molecule has 6 heteroatoms. The Balaban J connectivity index is 2.75. The first kappa shape index (κ1) is 12.3. The standard InChI is InChI=1S/C11H6F5S/c1-6-5-17-8-4-2-3-7(9(6)8)10(12,13)11(14,15)16/h2-4H,1H3. The molecule has 1 aromatic heterocycles. The molecular formula is C11H6F5S. The van der Waals surface area contributed by atoms with Gasteiger partial charge >= 0.3 is 12.1 Å². The average molecular weight is 265 g/mol. The molecule has 0 aliphatic rings. The molecule has 0 aliphatic carbocycles. The van der Waals surface area contributed by atoms with E-state index in [0.717, 1.165) is 17.4 Å². The molecule has 0 fully saturated rings. The first-order chi connectivity index (χ1) is 7.75. The molecule has 2 rings (SSSR count). The molecule has 2 aromatic rings. The topological polar surface area (TPSA) is 0 Å². The van der Waals surface area contributed by atoms with Crippen LogP contribution in [-0.2, 0) is 5.92 Å². The fourth-order valence-corrected chi connectivity index (χ4v) is 2.48. The highest BCUT2D eigenvalue weighted by molar-refractivity contribution is 7.16. The Morgan fingerprint density at radius 3 is 2.35 bits per heavy atom. The monoisotopic (exact) mass is 265 g/mol. The lowest BCUT2D eigenvalue weighted by Crippen LogP contribution is -2.33. The molecule has 0 saturated carbocycles. The quantitative estimate of drug-likeness (QED) is 0.657. The maximum Gasteiger partial charge on any atom is 0.458 e. The van der Waals surface area contributed by atoms with Crippen LogP contribution in [0.3, 0.4) is 0 Å². The molecule has 1 heterocycles. The maximum atomic E-state index is 13.3. The molecule has 0 N–H and O–H groups in total. The summed E-state index contributed by atoms with van der Waals surface area (Å²) in [5.41, 5.74) is -0.693. The number of hydrogen-bond acceptors (Lipinski definition) is 1. The first-order valence-corrected chi connectivity index (χ1v) is 5.41. The van der Waals surface area contributed by atoms with E-state index in [2.05, 4.69) is 5.38 Å². The minimum atomic E-state index is -5.59. The van der Waals surface area contributed by atoms with Gasteiger partial charge in [-0.25, -0.2) is 0 Å². The molecule has 0 aliphatic heterocycles. The summed E-state index contributed by atoms with van der Waals surface area (Å²) in [5, 5.41) is 2.63. The Labute approximate surface area is 97.7 Å². The van der Waals surface area contributed by atoms with Crippen molar-refractivity contribution in [3.63, 3.8) is 0 Å². The number of benzene rings is 1. The van der Waals surface area contributed by atoms with E-state index in [1.165, 1.54) is 19.1 Å². The zero-order chi connectivity index (χ0) is 12.8. The highest BCUT2D eigenvalue weighted by Crippen LogP contribution is 2.47. The highest BCUT2D eigenvalue weighted by atomic mass is 32.1. The van der Waals surface area contributed by atoms with Crippen LogP contribution in [0.2, 0.25) is 0 Å². The number of hydrogen-bond donors (Lipinski definition) is 0. The predicted molar refractivity (Wildman–Crippen MR) is 55.3 cm³/mol. The molecule has 91 valence electrons. The highest BCUT2D eigenvalue weighted by Gasteiger charge is 2.59. The third-order valence-corrected chi connectivity index (χ3v) is 3.38. The Kier molecular flexibility index (Phi) is 2.65. The minimum absolute atomic E-state index is 0.0557. The summed E-state index contributed by atoms with van der Waals surface area (Å²) >= 11 is 1.03. The third-order valence-electron chi connectivity index (χ3n) is 2.41. The van der Waals surface area contributed by atoms with Crippen molar-refractivity contribution in [2.24, 2.45) is 0 Å². The normalized spacial score (nSPS) is 13.3. The van der Waals surface area contributed by atoms with Crippen molar-refractivity contribution in [2.75, 3.05) is 0 Å². The molecule has 0 saturated heterocycles. The summed E-state index contributed by atoms with van der Waals surface area (Å²) in [4.78, 5) is 0. The van der Waals surface area contributed by atoms with Crippen LogP contribution in [0.15, 0.2) is 18.2 Å². The molecule has 0 atom stereocenters. The Bertz CT molecular complexity index is 552.